The molecule has 2 aromatic heterocycles. The Morgan fingerprint density at radius 1 is 1.00 bits per heavy atom. The van der Waals surface area contributed by atoms with Gasteiger partial charge >= 0.3 is 0 Å². The van der Waals surface area contributed by atoms with Crippen LogP contribution in [0.5, 0.6) is 0 Å². The van der Waals surface area contributed by atoms with Crippen molar-refractivity contribution in [3.8, 4) is 0 Å². The van der Waals surface area contributed by atoms with E-state index in [4.69, 9.17) is 5.73 Å². The third kappa shape index (κ3) is 2.20. The number of nitrogens with zero attached hydrogens (tertiary/aromatic N) is 3. The Balaban J connectivity index is 2.76. The second kappa shape index (κ2) is 4.28. The first kappa shape index (κ1) is 11.8. The summed E-state index contributed by atoms with van der Waals surface area (Å²) in [5.74, 6) is 1.17. The Labute approximate surface area is 101 Å². The number of nitrogens with two attached hydrogens (primary N) is 1. The van der Waals surface area contributed by atoms with Gasteiger partial charge in [0, 0.05) is 11.1 Å². The number of hydrogen-bond acceptors (Lipinski definition) is 4. The molecule has 17 heavy (non-hydrogen) atoms. The van der Waals surface area contributed by atoms with Gasteiger partial charge in [0.15, 0.2) is 0 Å². The number of aromatic nitrogens is 3. The molecule has 0 aliphatic carbocycles. The van der Waals surface area contributed by atoms with Crippen LogP contribution in [0.15, 0.2) is 12.1 Å². The van der Waals surface area contributed by atoms with E-state index in [-0.39, 0.29) is 0 Å². The van der Waals surface area contributed by atoms with Crippen LogP contribution in [0.4, 0.5) is 5.82 Å². The average Bonchev–Trinajstić information content (AvgIpc) is 2.26. The van der Waals surface area contributed by atoms with Crippen molar-refractivity contribution in [2.45, 2.75) is 39.5 Å². The molecule has 2 heterocycles. The van der Waals surface area contributed by atoms with Gasteiger partial charge in [-0.05, 0) is 24.0 Å². The standard InChI is InChI=1S/C13H18N4/c1-7(2)10-5-9-6-11(14)16-17-13(9)12(15-10)8(3)4/h5-8H,1-4H3,(H2,14,16). The minimum atomic E-state index is 0.328. The molecule has 0 unspecified atom stereocenters. The maximum Gasteiger partial charge on any atom is 0.146 e. The molecule has 90 valence electrons. The van der Waals surface area contributed by atoms with Gasteiger partial charge in [-0.2, -0.15) is 0 Å². The molecule has 0 atom stereocenters. The molecule has 4 nitrogen and oxygen atoms in total. The van der Waals surface area contributed by atoms with E-state index in [0.717, 1.165) is 22.3 Å². The summed E-state index contributed by atoms with van der Waals surface area (Å²) in [7, 11) is 0. The van der Waals surface area contributed by atoms with Crippen molar-refractivity contribution < 1.29 is 0 Å². The lowest BCUT2D eigenvalue weighted by Crippen LogP contribution is -2.04. The van der Waals surface area contributed by atoms with Crippen LogP contribution in [0.1, 0.15) is 50.9 Å². The highest BCUT2D eigenvalue weighted by molar-refractivity contribution is 5.82. The molecule has 0 amide bonds. The zero-order valence-electron chi connectivity index (χ0n) is 10.7. The van der Waals surface area contributed by atoms with E-state index in [1.54, 1.807) is 0 Å². The summed E-state index contributed by atoms with van der Waals surface area (Å²) >= 11 is 0. The number of fused-ring (bicyclic) bond motifs is 1. The number of rotatable bonds is 2. The summed E-state index contributed by atoms with van der Waals surface area (Å²) < 4.78 is 0. The molecular weight excluding hydrogens is 212 g/mol. The third-order valence-corrected chi connectivity index (χ3v) is 2.78. The van der Waals surface area contributed by atoms with E-state index < -0.39 is 0 Å². The molecule has 2 aromatic rings. The van der Waals surface area contributed by atoms with Gasteiger partial charge in [0.2, 0.25) is 0 Å². The van der Waals surface area contributed by atoms with Crippen molar-refractivity contribution in [2.75, 3.05) is 5.73 Å². The smallest absolute Gasteiger partial charge is 0.146 e. The van der Waals surface area contributed by atoms with Crippen LogP contribution in [0, 0.1) is 0 Å². The van der Waals surface area contributed by atoms with E-state index in [0.29, 0.717) is 17.7 Å². The van der Waals surface area contributed by atoms with E-state index in [1.807, 2.05) is 6.07 Å². The average molecular weight is 230 g/mol. The van der Waals surface area contributed by atoms with Crippen molar-refractivity contribution >= 4 is 16.7 Å². The number of pyridine rings is 1. The molecule has 0 aliphatic rings. The van der Waals surface area contributed by atoms with Crippen molar-refractivity contribution in [2.24, 2.45) is 0 Å². The van der Waals surface area contributed by atoms with Crippen molar-refractivity contribution in [3.05, 3.63) is 23.5 Å². The Kier molecular flexibility index (Phi) is 2.96. The molecule has 0 fully saturated rings. The first-order valence-electron chi connectivity index (χ1n) is 5.92. The summed E-state index contributed by atoms with van der Waals surface area (Å²) in [6.45, 7) is 8.50. The fraction of sp³-hybridized carbons (Fsp3) is 0.462. The molecule has 0 bridgehead atoms. The second-order valence-electron chi connectivity index (χ2n) is 4.95. The van der Waals surface area contributed by atoms with Gasteiger partial charge in [0.05, 0.1) is 5.69 Å². The predicted molar refractivity (Wildman–Crippen MR) is 69.9 cm³/mol. The Hall–Kier alpha value is -1.71. The molecule has 0 saturated carbocycles. The van der Waals surface area contributed by atoms with Gasteiger partial charge < -0.3 is 5.73 Å². The molecule has 2 N–H and O–H groups in total. The lowest BCUT2D eigenvalue weighted by atomic mass is 10.0. The van der Waals surface area contributed by atoms with Gasteiger partial charge in [-0.1, -0.05) is 27.7 Å². The van der Waals surface area contributed by atoms with E-state index >= 15 is 0 Å². The zero-order chi connectivity index (χ0) is 12.6. The van der Waals surface area contributed by atoms with Crippen LogP contribution in [-0.4, -0.2) is 15.2 Å². The fourth-order valence-electron chi connectivity index (χ4n) is 1.81. The Morgan fingerprint density at radius 3 is 2.29 bits per heavy atom. The summed E-state index contributed by atoms with van der Waals surface area (Å²) in [6, 6.07) is 3.92. The molecule has 2 rings (SSSR count). The molecular formula is C13H18N4. The lowest BCUT2D eigenvalue weighted by molar-refractivity contribution is 0.770. The molecule has 0 spiro atoms. The molecule has 0 aliphatic heterocycles. The van der Waals surface area contributed by atoms with Crippen LogP contribution >= 0.6 is 0 Å². The first-order chi connectivity index (χ1) is 7.99. The SMILES string of the molecule is CC(C)c1cc2cc(N)nnc2c(C(C)C)n1. The number of nitrogen functional groups attached to an aromatic ring is 1. The molecule has 0 radical (unpaired) electrons. The van der Waals surface area contributed by atoms with Crippen molar-refractivity contribution in [1.29, 1.82) is 0 Å². The van der Waals surface area contributed by atoms with Gasteiger partial charge in [0.1, 0.15) is 11.3 Å². The van der Waals surface area contributed by atoms with Crippen LogP contribution in [0.3, 0.4) is 0 Å². The van der Waals surface area contributed by atoms with Crippen LogP contribution < -0.4 is 5.73 Å². The number of anilines is 1. The second-order valence-corrected chi connectivity index (χ2v) is 4.95. The van der Waals surface area contributed by atoms with Gasteiger partial charge in [-0.25, -0.2) is 0 Å². The minimum Gasteiger partial charge on any atom is -0.382 e. The monoisotopic (exact) mass is 230 g/mol. The summed E-state index contributed by atoms with van der Waals surface area (Å²) in [5.41, 5.74) is 8.62. The first-order valence-corrected chi connectivity index (χ1v) is 5.92. The largest absolute Gasteiger partial charge is 0.382 e. The lowest BCUT2D eigenvalue weighted by Gasteiger charge is -2.12. The van der Waals surface area contributed by atoms with Crippen molar-refractivity contribution in [1.82, 2.24) is 15.2 Å². The maximum atomic E-state index is 5.68. The van der Waals surface area contributed by atoms with Gasteiger partial charge in [-0.15, -0.1) is 10.2 Å². The molecule has 0 aromatic carbocycles. The summed E-state index contributed by atoms with van der Waals surface area (Å²) in [4.78, 5) is 4.69. The minimum absolute atomic E-state index is 0.328. The zero-order valence-corrected chi connectivity index (χ0v) is 10.7. The molecule has 0 saturated heterocycles. The summed E-state index contributed by atoms with van der Waals surface area (Å²) in [6.07, 6.45) is 0. The van der Waals surface area contributed by atoms with Crippen LogP contribution in [-0.2, 0) is 0 Å². The highest BCUT2D eigenvalue weighted by Gasteiger charge is 2.13. The van der Waals surface area contributed by atoms with Gasteiger partial charge in [0.25, 0.3) is 0 Å². The summed E-state index contributed by atoms with van der Waals surface area (Å²) in [5, 5.41) is 9.11. The maximum absolute atomic E-state index is 5.68. The van der Waals surface area contributed by atoms with E-state index in [2.05, 4.69) is 48.9 Å². The fourth-order valence-corrected chi connectivity index (χ4v) is 1.81. The Bertz CT molecular complexity index is 546. The number of hydrogen-bond donors (Lipinski definition) is 1. The predicted octanol–water partition coefficient (Wildman–Crippen LogP) is 2.85. The topological polar surface area (TPSA) is 64.7 Å². The van der Waals surface area contributed by atoms with E-state index in [9.17, 15) is 0 Å². The van der Waals surface area contributed by atoms with Crippen LogP contribution in [0.2, 0.25) is 0 Å². The highest BCUT2D eigenvalue weighted by atomic mass is 15.1. The van der Waals surface area contributed by atoms with Crippen molar-refractivity contribution in [3.63, 3.8) is 0 Å². The van der Waals surface area contributed by atoms with E-state index in [1.165, 1.54) is 0 Å². The molecule has 4 heteroatoms. The van der Waals surface area contributed by atoms with Crippen LogP contribution in [0.25, 0.3) is 10.9 Å². The van der Waals surface area contributed by atoms with Gasteiger partial charge in [-0.3, -0.25) is 4.98 Å². The highest BCUT2D eigenvalue weighted by Crippen LogP contribution is 2.25. The normalized spacial score (nSPS) is 11.6. The quantitative estimate of drug-likeness (QED) is 0.861. The third-order valence-electron chi connectivity index (χ3n) is 2.78. The Morgan fingerprint density at radius 2 is 1.71 bits per heavy atom.